The molecule has 0 saturated heterocycles. The average Bonchev–Trinajstić information content (AvgIpc) is 2.60. The maximum Gasteiger partial charge on any atom is 0.248 e. The molecule has 26 heavy (non-hydrogen) atoms. The molecule has 2 N–H and O–H groups in total. The van der Waals surface area contributed by atoms with Gasteiger partial charge in [0.2, 0.25) is 5.91 Å². The molecule has 1 heterocycles. The Kier molecular flexibility index (Phi) is 4.64. The van der Waals surface area contributed by atoms with Crippen LogP contribution in [0.15, 0.2) is 47.5 Å². The van der Waals surface area contributed by atoms with E-state index in [0.717, 1.165) is 29.0 Å². The van der Waals surface area contributed by atoms with Crippen LogP contribution in [-0.2, 0) is 6.42 Å². The largest absolute Gasteiger partial charge is 0.497 e. The fourth-order valence-corrected chi connectivity index (χ4v) is 3.27. The van der Waals surface area contributed by atoms with E-state index < -0.39 is 5.91 Å². The van der Waals surface area contributed by atoms with E-state index in [0.29, 0.717) is 11.1 Å². The predicted molar refractivity (Wildman–Crippen MR) is 101 cm³/mol. The van der Waals surface area contributed by atoms with E-state index >= 15 is 0 Å². The van der Waals surface area contributed by atoms with Gasteiger partial charge in [0.1, 0.15) is 5.75 Å². The summed E-state index contributed by atoms with van der Waals surface area (Å²) in [5.41, 5.74) is 8.66. The molecule has 2 aromatic rings. The summed E-state index contributed by atoms with van der Waals surface area (Å²) >= 11 is 0. The van der Waals surface area contributed by atoms with Crippen molar-refractivity contribution in [1.29, 1.82) is 0 Å². The molecular weight excluding hydrogens is 328 g/mol. The zero-order valence-electron chi connectivity index (χ0n) is 15.2. The number of ether oxygens (including phenoxy) is 1. The second-order valence-corrected chi connectivity index (χ2v) is 7.12. The number of Topliss-reactive ketones (excluding diaryl/α,β-unsaturated/α-hetero) is 1. The van der Waals surface area contributed by atoms with Crippen molar-refractivity contribution in [3.63, 3.8) is 0 Å². The maximum atomic E-state index is 12.8. The molecule has 0 fully saturated rings. The maximum absolute atomic E-state index is 12.8. The van der Waals surface area contributed by atoms with Gasteiger partial charge in [0.05, 0.1) is 24.8 Å². The molecule has 0 atom stereocenters. The Morgan fingerprint density at radius 3 is 2.58 bits per heavy atom. The summed E-state index contributed by atoms with van der Waals surface area (Å²) in [6.45, 7) is 4.11. The van der Waals surface area contributed by atoms with E-state index in [4.69, 9.17) is 15.5 Å². The van der Waals surface area contributed by atoms with Crippen molar-refractivity contribution >= 4 is 17.4 Å². The Hall–Kier alpha value is -2.95. The molecule has 5 heteroatoms. The highest BCUT2D eigenvalue weighted by atomic mass is 16.5. The van der Waals surface area contributed by atoms with Gasteiger partial charge in [-0.2, -0.15) is 0 Å². The number of primary amides is 1. The highest BCUT2D eigenvalue weighted by Gasteiger charge is 2.28. The molecule has 3 rings (SSSR count). The van der Waals surface area contributed by atoms with E-state index in [-0.39, 0.29) is 17.7 Å². The first-order chi connectivity index (χ1) is 12.3. The van der Waals surface area contributed by atoms with Crippen LogP contribution in [-0.4, -0.2) is 30.1 Å². The standard InChI is InChI=1S/C21H22N2O3/c1-21(2)12-15-7-8-16(26-3)10-17(15)18(23-21)11-19(24)13-5-4-6-14(9-13)20(22)25/h4-10H,11-12H2,1-3H3,(H2,22,25). The topological polar surface area (TPSA) is 81.8 Å². The third kappa shape index (κ3) is 3.67. The molecule has 1 aliphatic rings. The van der Waals surface area contributed by atoms with E-state index in [2.05, 4.69) is 13.8 Å². The highest BCUT2D eigenvalue weighted by Crippen LogP contribution is 2.31. The summed E-state index contributed by atoms with van der Waals surface area (Å²) in [5.74, 6) is 0.0866. The van der Waals surface area contributed by atoms with Gasteiger partial charge in [0.15, 0.2) is 5.78 Å². The van der Waals surface area contributed by atoms with Gasteiger partial charge in [-0.15, -0.1) is 0 Å². The Labute approximate surface area is 152 Å². The zero-order valence-corrected chi connectivity index (χ0v) is 15.2. The molecule has 1 amide bonds. The summed E-state index contributed by atoms with van der Waals surface area (Å²) in [6, 6.07) is 12.4. The molecule has 0 spiro atoms. The number of aliphatic imine (C=N–C) groups is 1. The summed E-state index contributed by atoms with van der Waals surface area (Å²) in [6.07, 6.45) is 0.965. The van der Waals surface area contributed by atoms with E-state index in [1.807, 2.05) is 18.2 Å². The van der Waals surface area contributed by atoms with Crippen LogP contribution >= 0.6 is 0 Å². The first-order valence-electron chi connectivity index (χ1n) is 8.48. The number of fused-ring (bicyclic) bond motifs is 1. The van der Waals surface area contributed by atoms with Crippen molar-refractivity contribution < 1.29 is 14.3 Å². The number of ketones is 1. The normalized spacial score (nSPS) is 15.0. The number of carbonyl (C=O) groups is 2. The lowest BCUT2D eigenvalue weighted by atomic mass is 9.85. The quantitative estimate of drug-likeness (QED) is 0.841. The molecule has 134 valence electrons. The third-order valence-corrected chi connectivity index (χ3v) is 4.49. The lowest BCUT2D eigenvalue weighted by Gasteiger charge is -2.29. The predicted octanol–water partition coefficient (Wildman–Crippen LogP) is 3.19. The molecule has 0 unspecified atom stereocenters. The molecular formula is C21H22N2O3. The van der Waals surface area contributed by atoms with E-state index in [1.165, 1.54) is 6.07 Å². The van der Waals surface area contributed by atoms with Gasteiger partial charge in [-0.1, -0.05) is 18.2 Å². The Morgan fingerprint density at radius 1 is 1.15 bits per heavy atom. The van der Waals surface area contributed by atoms with Crippen LogP contribution in [0.2, 0.25) is 0 Å². The fourth-order valence-electron chi connectivity index (χ4n) is 3.27. The molecule has 0 saturated carbocycles. The number of nitrogens with two attached hydrogens (primary N) is 1. The first-order valence-corrected chi connectivity index (χ1v) is 8.48. The zero-order chi connectivity index (χ0) is 18.9. The number of nitrogens with zero attached hydrogens (tertiary/aromatic N) is 1. The molecule has 0 aliphatic carbocycles. The van der Waals surface area contributed by atoms with Crippen LogP contribution in [0, 0.1) is 0 Å². The molecule has 1 aliphatic heterocycles. The minimum absolute atomic E-state index is 0.0988. The van der Waals surface area contributed by atoms with Crippen molar-refractivity contribution in [3.8, 4) is 5.75 Å². The van der Waals surface area contributed by atoms with Crippen molar-refractivity contribution in [2.45, 2.75) is 32.2 Å². The average molecular weight is 350 g/mol. The summed E-state index contributed by atoms with van der Waals surface area (Å²) in [7, 11) is 1.62. The number of hydrogen-bond acceptors (Lipinski definition) is 4. The number of amides is 1. The van der Waals surface area contributed by atoms with Crippen molar-refractivity contribution in [2.24, 2.45) is 10.7 Å². The molecule has 0 bridgehead atoms. The Balaban J connectivity index is 1.95. The first kappa shape index (κ1) is 17.9. The SMILES string of the molecule is COc1ccc2c(c1)C(CC(=O)c1cccc(C(N)=O)c1)=NC(C)(C)C2. The highest BCUT2D eigenvalue weighted by molar-refractivity contribution is 6.17. The van der Waals surface area contributed by atoms with Gasteiger partial charge < -0.3 is 10.5 Å². The number of hydrogen-bond donors (Lipinski definition) is 1. The lowest BCUT2D eigenvalue weighted by molar-refractivity contribution is 0.0999. The monoisotopic (exact) mass is 350 g/mol. The van der Waals surface area contributed by atoms with Crippen molar-refractivity contribution in [1.82, 2.24) is 0 Å². The molecule has 2 aromatic carbocycles. The minimum atomic E-state index is -0.550. The van der Waals surface area contributed by atoms with Crippen LogP contribution in [0.5, 0.6) is 5.75 Å². The number of carbonyl (C=O) groups excluding carboxylic acids is 2. The van der Waals surface area contributed by atoms with Crippen molar-refractivity contribution in [2.75, 3.05) is 7.11 Å². The second-order valence-electron chi connectivity index (χ2n) is 7.12. The van der Waals surface area contributed by atoms with Gasteiger partial charge in [0.25, 0.3) is 0 Å². The third-order valence-electron chi connectivity index (χ3n) is 4.49. The summed E-state index contributed by atoms with van der Waals surface area (Å²) in [5, 5.41) is 0. The summed E-state index contributed by atoms with van der Waals surface area (Å²) in [4.78, 5) is 29.0. The molecule has 5 nitrogen and oxygen atoms in total. The van der Waals surface area contributed by atoms with E-state index in [1.54, 1.807) is 25.3 Å². The Morgan fingerprint density at radius 2 is 1.88 bits per heavy atom. The Bertz CT molecular complexity index is 913. The number of rotatable bonds is 5. The minimum Gasteiger partial charge on any atom is -0.497 e. The van der Waals surface area contributed by atoms with Crippen LogP contribution in [0.1, 0.15) is 52.1 Å². The van der Waals surface area contributed by atoms with E-state index in [9.17, 15) is 9.59 Å². The number of benzene rings is 2. The smallest absolute Gasteiger partial charge is 0.248 e. The van der Waals surface area contributed by atoms with Gasteiger partial charge >= 0.3 is 0 Å². The molecule has 0 aromatic heterocycles. The van der Waals surface area contributed by atoms with Gasteiger partial charge in [-0.3, -0.25) is 14.6 Å². The summed E-state index contributed by atoms with van der Waals surface area (Å²) < 4.78 is 5.32. The number of methoxy groups -OCH3 is 1. The second kappa shape index (κ2) is 6.75. The van der Waals surface area contributed by atoms with Crippen LogP contribution < -0.4 is 10.5 Å². The molecule has 0 radical (unpaired) electrons. The fraction of sp³-hybridized carbons (Fsp3) is 0.286. The van der Waals surface area contributed by atoms with Crippen LogP contribution in [0.3, 0.4) is 0 Å². The van der Waals surface area contributed by atoms with Crippen LogP contribution in [0.4, 0.5) is 0 Å². The van der Waals surface area contributed by atoms with Crippen molar-refractivity contribution in [3.05, 3.63) is 64.7 Å². The van der Waals surface area contributed by atoms with Gasteiger partial charge in [-0.25, -0.2) is 0 Å². The lowest BCUT2D eigenvalue weighted by Crippen LogP contribution is -2.30. The van der Waals surface area contributed by atoms with Gasteiger partial charge in [0, 0.05) is 16.7 Å². The van der Waals surface area contributed by atoms with Gasteiger partial charge in [-0.05, 0) is 50.1 Å². The van der Waals surface area contributed by atoms with Crippen LogP contribution in [0.25, 0.3) is 0 Å².